The largest absolute Gasteiger partial charge is 0.299 e. The van der Waals surface area contributed by atoms with Gasteiger partial charge >= 0.3 is 0 Å². The Kier molecular flexibility index (Phi) is 7.78. The number of halogens is 1. The first kappa shape index (κ1) is 19.4. The first-order valence-electron chi connectivity index (χ1n) is 8.62. The van der Waals surface area contributed by atoms with Crippen LogP contribution < -0.4 is 0 Å². The highest BCUT2D eigenvalue weighted by Crippen LogP contribution is 2.26. The van der Waals surface area contributed by atoms with E-state index < -0.39 is 0 Å². The Labute approximate surface area is 137 Å². The second-order valence-corrected chi connectivity index (χ2v) is 7.58. The zero-order valence-corrected chi connectivity index (χ0v) is 15.6. The molecule has 2 nitrogen and oxygen atoms in total. The molecule has 128 valence electrons. The van der Waals surface area contributed by atoms with Crippen molar-refractivity contribution < 1.29 is 4.39 Å². The highest BCUT2D eigenvalue weighted by molar-refractivity contribution is 5.11. The number of hydrogen-bond acceptors (Lipinski definition) is 2. The van der Waals surface area contributed by atoms with Gasteiger partial charge in [-0.05, 0) is 51.3 Å². The van der Waals surface area contributed by atoms with E-state index in [2.05, 4.69) is 64.6 Å². The van der Waals surface area contributed by atoms with E-state index in [4.69, 9.17) is 0 Å². The Bertz CT molecular complexity index is 360. The number of likely N-dealkylation sites (tertiary alicyclic amines) is 2. The molecule has 2 saturated heterocycles. The van der Waals surface area contributed by atoms with E-state index in [1.165, 1.54) is 13.0 Å². The van der Waals surface area contributed by atoms with Crippen molar-refractivity contribution in [1.29, 1.82) is 0 Å². The summed E-state index contributed by atoms with van der Waals surface area (Å²) in [6.45, 7) is 13.1. The number of likely N-dealkylation sites (N-methyl/N-ethyl adjacent to an activating group) is 2. The van der Waals surface area contributed by atoms with Crippen molar-refractivity contribution in [2.24, 2.45) is 11.8 Å². The molecule has 0 radical (unpaired) electrons. The van der Waals surface area contributed by atoms with Crippen molar-refractivity contribution in [1.82, 2.24) is 9.80 Å². The standard InChI is InChI=1S/C10H19N.C9H16FN/c1-5-9-6-10(8(2)3)11(4)7-9;1-7(2)9-4-8(5-10)6-11(9)3/h5,8,10H,6-7H2,1-4H3;5,7,9H,4,6H2,1-3H3/b9-5+;8-5-. The smallest absolute Gasteiger partial charge is 0.0872 e. The van der Waals surface area contributed by atoms with Crippen LogP contribution >= 0.6 is 0 Å². The second-order valence-electron chi connectivity index (χ2n) is 7.58. The Morgan fingerprint density at radius 1 is 0.909 bits per heavy atom. The zero-order chi connectivity index (χ0) is 16.9. The predicted molar refractivity (Wildman–Crippen MR) is 94.7 cm³/mol. The van der Waals surface area contributed by atoms with Crippen molar-refractivity contribution in [3.8, 4) is 0 Å². The van der Waals surface area contributed by atoms with Crippen molar-refractivity contribution >= 4 is 0 Å². The van der Waals surface area contributed by atoms with Gasteiger partial charge in [-0.3, -0.25) is 9.80 Å². The topological polar surface area (TPSA) is 6.48 Å². The first-order chi connectivity index (χ1) is 10.3. The summed E-state index contributed by atoms with van der Waals surface area (Å²) in [5, 5.41) is 0. The molecule has 0 saturated carbocycles. The lowest BCUT2D eigenvalue weighted by Gasteiger charge is -2.22. The fourth-order valence-electron chi connectivity index (χ4n) is 3.63. The van der Waals surface area contributed by atoms with E-state index in [9.17, 15) is 4.39 Å². The average Bonchev–Trinajstić information content (AvgIpc) is 3.02. The molecule has 3 heteroatoms. The summed E-state index contributed by atoms with van der Waals surface area (Å²) in [6.07, 6.45) is 5.22. The maximum Gasteiger partial charge on any atom is 0.0872 e. The fourth-order valence-corrected chi connectivity index (χ4v) is 3.63. The number of nitrogens with zero attached hydrogens (tertiary/aromatic N) is 2. The highest BCUT2D eigenvalue weighted by atomic mass is 19.1. The quantitative estimate of drug-likeness (QED) is 0.693. The van der Waals surface area contributed by atoms with Crippen molar-refractivity contribution in [3.05, 3.63) is 23.6 Å². The van der Waals surface area contributed by atoms with Gasteiger partial charge in [0.2, 0.25) is 0 Å². The zero-order valence-electron chi connectivity index (χ0n) is 15.6. The summed E-state index contributed by atoms with van der Waals surface area (Å²) >= 11 is 0. The maximum atomic E-state index is 12.1. The number of allylic oxidation sites excluding steroid dienone is 1. The molecule has 2 heterocycles. The van der Waals surface area contributed by atoms with E-state index in [1.54, 1.807) is 5.57 Å². The molecular formula is C19H35FN2. The van der Waals surface area contributed by atoms with Crippen molar-refractivity contribution in [2.45, 2.75) is 59.5 Å². The molecule has 2 rings (SSSR count). The van der Waals surface area contributed by atoms with Gasteiger partial charge in [-0.2, -0.15) is 0 Å². The molecular weight excluding hydrogens is 275 g/mol. The van der Waals surface area contributed by atoms with Crippen molar-refractivity contribution in [3.63, 3.8) is 0 Å². The molecule has 2 aliphatic rings. The molecule has 0 spiro atoms. The fraction of sp³-hybridized carbons (Fsp3) is 0.789. The minimum absolute atomic E-state index is 0.539. The summed E-state index contributed by atoms with van der Waals surface area (Å²) in [4.78, 5) is 4.68. The van der Waals surface area contributed by atoms with Crippen LogP contribution in [0.15, 0.2) is 23.6 Å². The Hall–Kier alpha value is -0.670. The lowest BCUT2D eigenvalue weighted by molar-refractivity contribution is 0.250. The van der Waals surface area contributed by atoms with Gasteiger partial charge in [-0.1, -0.05) is 39.3 Å². The third-order valence-corrected chi connectivity index (χ3v) is 5.08. The number of hydrogen-bond donors (Lipinski definition) is 0. The van der Waals surface area contributed by atoms with Crippen LogP contribution in [0.2, 0.25) is 0 Å². The van der Waals surface area contributed by atoms with Crippen LogP contribution in [0, 0.1) is 11.8 Å². The molecule has 0 aromatic rings. The lowest BCUT2D eigenvalue weighted by atomic mass is 10.0. The van der Waals surface area contributed by atoms with Gasteiger partial charge in [-0.25, -0.2) is 4.39 Å². The van der Waals surface area contributed by atoms with E-state index >= 15 is 0 Å². The third kappa shape index (κ3) is 5.20. The molecule has 0 amide bonds. The van der Waals surface area contributed by atoms with Gasteiger partial charge < -0.3 is 0 Å². The van der Waals surface area contributed by atoms with E-state index in [0.29, 0.717) is 12.0 Å². The van der Waals surface area contributed by atoms with Gasteiger partial charge in [0.25, 0.3) is 0 Å². The molecule has 0 aromatic carbocycles. The number of rotatable bonds is 2. The van der Waals surface area contributed by atoms with E-state index in [0.717, 1.165) is 36.8 Å². The van der Waals surface area contributed by atoms with Crippen LogP contribution in [0.3, 0.4) is 0 Å². The van der Waals surface area contributed by atoms with Crippen LogP contribution in [-0.2, 0) is 0 Å². The van der Waals surface area contributed by atoms with E-state index in [1.807, 2.05) is 0 Å². The Balaban J connectivity index is 0.000000220. The highest BCUT2D eigenvalue weighted by Gasteiger charge is 2.27. The summed E-state index contributed by atoms with van der Waals surface area (Å²) in [5.41, 5.74) is 2.54. The third-order valence-electron chi connectivity index (χ3n) is 5.08. The molecule has 0 aliphatic carbocycles. The molecule has 2 atom stereocenters. The van der Waals surface area contributed by atoms with E-state index in [-0.39, 0.29) is 0 Å². The molecule has 2 fully saturated rings. The van der Waals surface area contributed by atoms with Crippen LogP contribution in [0.25, 0.3) is 0 Å². The Morgan fingerprint density at radius 3 is 1.55 bits per heavy atom. The van der Waals surface area contributed by atoms with Gasteiger partial charge in [0.1, 0.15) is 0 Å². The molecule has 0 N–H and O–H groups in total. The predicted octanol–water partition coefficient (Wildman–Crippen LogP) is 4.49. The van der Waals surface area contributed by atoms with Crippen LogP contribution in [0.5, 0.6) is 0 Å². The minimum Gasteiger partial charge on any atom is -0.299 e. The summed E-state index contributed by atoms with van der Waals surface area (Å²) in [6, 6.07) is 1.32. The molecule has 2 aliphatic heterocycles. The van der Waals surface area contributed by atoms with Gasteiger partial charge in [0.15, 0.2) is 0 Å². The molecule has 22 heavy (non-hydrogen) atoms. The first-order valence-corrected chi connectivity index (χ1v) is 8.62. The van der Waals surface area contributed by atoms with Gasteiger partial charge in [0.05, 0.1) is 6.33 Å². The lowest BCUT2D eigenvalue weighted by Crippen LogP contribution is -2.29. The summed E-state index contributed by atoms with van der Waals surface area (Å²) in [5.74, 6) is 1.41. The SMILES string of the molecule is C/C=C1\CC(C(C)C)N(C)C1.CC(C)C1C/C(=C/F)CN1C. The maximum absolute atomic E-state index is 12.1. The van der Waals surface area contributed by atoms with Gasteiger partial charge in [0, 0.05) is 25.2 Å². The summed E-state index contributed by atoms with van der Waals surface area (Å²) < 4.78 is 12.1. The van der Waals surface area contributed by atoms with Crippen LogP contribution in [0.1, 0.15) is 47.5 Å². The second kappa shape index (κ2) is 8.83. The van der Waals surface area contributed by atoms with Gasteiger partial charge in [-0.15, -0.1) is 0 Å². The normalized spacial score (nSPS) is 30.6. The molecule has 0 bridgehead atoms. The van der Waals surface area contributed by atoms with Crippen molar-refractivity contribution in [2.75, 3.05) is 27.2 Å². The minimum atomic E-state index is 0.539. The molecule has 0 aromatic heterocycles. The van der Waals surface area contributed by atoms with Crippen LogP contribution in [-0.4, -0.2) is 49.1 Å². The monoisotopic (exact) mass is 310 g/mol. The average molecular weight is 311 g/mol. The molecule has 2 unspecified atom stereocenters. The van der Waals surface area contributed by atoms with Crippen LogP contribution in [0.4, 0.5) is 4.39 Å². The Morgan fingerprint density at radius 2 is 1.32 bits per heavy atom. The summed E-state index contributed by atoms with van der Waals surface area (Å²) in [7, 11) is 4.28.